The Labute approximate surface area is 265 Å². The van der Waals surface area contributed by atoms with Crippen LogP contribution in [0.5, 0.6) is 0 Å². The van der Waals surface area contributed by atoms with Crippen LogP contribution in [-0.4, -0.2) is 151 Å². The lowest BCUT2D eigenvalue weighted by molar-refractivity contribution is -0.482. The first-order valence-corrected chi connectivity index (χ1v) is 16.8. The Balaban J connectivity index is 0.956. The summed E-state index contributed by atoms with van der Waals surface area (Å²) in [6.45, 7) is 2.41. The zero-order valence-electron chi connectivity index (χ0n) is 26.5. The molecule has 8 bridgehead atoms. The van der Waals surface area contributed by atoms with Gasteiger partial charge < -0.3 is 67.1 Å². The quantitative estimate of drug-likeness (QED) is 0.159. The minimum atomic E-state index is -0.816. The standard InChI is InChI=1S/C31H52O14/c1-34-10-12-36-14-16-38-27-24-19(25-28(29(27)45-31(42-24)43-25)39-17-15-37-13-11-35-2)9-7-5-3-4-6-8-18-22-20(32)26-21(33)23(18)41-30(40-22)44-26/h18-33H,3-17H2,1-2H3/t18?,19?,20?,21?,22-,23?,24-,25?,26?,27?,28?,29?,30?,31?/m0/s1. The van der Waals surface area contributed by atoms with Crippen LogP contribution in [0.25, 0.3) is 0 Å². The van der Waals surface area contributed by atoms with Crippen molar-refractivity contribution < 1.29 is 67.1 Å². The number of methoxy groups -OCH3 is 2. The number of hydrogen-bond acceptors (Lipinski definition) is 14. The summed E-state index contributed by atoms with van der Waals surface area (Å²) in [5, 5.41) is 21.1. The summed E-state index contributed by atoms with van der Waals surface area (Å²) in [5.74, 6) is 0.0911. The van der Waals surface area contributed by atoms with Crippen molar-refractivity contribution in [2.45, 2.75) is 119 Å². The second kappa shape index (κ2) is 16.7. The Morgan fingerprint density at radius 3 is 1.36 bits per heavy atom. The number of aliphatic hydroxyl groups excluding tert-OH is 2. The molecule has 2 aliphatic carbocycles. The summed E-state index contributed by atoms with van der Waals surface area (Å²) in [4.78, 5) is 0. The summed E-state index contributed by atoms with van der Waals surface area (Å²) in [6, 6.07) is 0. The molecule has 0 radical (unpaired) electrons. The first-order valence-electron chi connectivity index (χ1n) is 16.8. The van der Waals surface area contributed by atoms with Gasteiger partial charge in [0.2, 0.25) is 0 Å². The number of ether oxygens (including phenoxy) is 12. The smallest absolute Gasteiger partial charge is 0.272 e. The Morgan fingerprint density at radius 2 is 0.844 bits per heavy atom. The average molecular weight is 649 g/mol. The highest BCUT2D eigenvalue weighted by molar-refractivity contribution is 5.07. The van der Waals surface area contributed by atoms with Crippen LogP contribution < -0.4 is 0 Å². The summed E-state index contributed by atoms with van der Waals surface area (Å²) >= 11 is 0. The van der Waals surface area contributed by atoms with Gasteiger partial charge in [-0.3, -0.25) is 0 Å². The van der Waals surface area contributed by atoms with Crippen LogP contribution >= 0.6 is 0 Å². The highest BCUT2D eigenvalue weighted by Gasteiger charge is 2.63. The Morgan fingerprint density at radius 1 is 0.444 bits per heavy atom. The molecule has 14 heteroatoms. The van der Waals surface area contributed by atoms with Crippen LogP contribution in [0.1, 0.15) is 44.9 Å². The van der Waals surface area contributed by atoms with E-state index in [0.29, 0.717) is 52.9 Å². The van der Waals surface area contributed by atoms with Crippen molar-refractivity contribution in [3.05, 3.63) is 0 Å². The zero-order valence-corrected chi connectivity index (χ0v) is 26.5. The zero-order chi connectivity index (χ0) is 31.2. The Kier molecular flexibility index (Phi) is 12.7. The van der Waals surface area contributed by atoms with Crippen molar-refractivity contribution in [2.75, 3.05) is 67.1 Å². The summed E-state index contributed by atoms with van der Waals surface area (Å²) in [5.41, 5.74) is 0. The van der Waals surface area contributed by atoms with Gasteiger partial charge in [-0.05, 0) is 12.8 Å². The predicted octanol–water partition coefficient (Wildman–Crippen LogP) is 0.728. The van der Waals surface area contributed by atoms with Gasteiger partial charge in [0.15, 0.2) is 0 Å². The van der Waals surface area contributed by atoms with E-state index in [9.17, 15) is 10.2 Å². The minimum Gasteiger partial charge on any atom is -0.388 e. The molecule has 6 saturated heterocycles. The highest BCUT2D eigenvalue weighted by atomic mass is 16.9. The molecule has 0 aromatic rings. The van der Waals surface area contributed by atoms with E-state index >= 15 is 0 Å². The lowest BCUT2D eigenvalue weighted by Gasteiger charge is -2.59. The molecule has 14 nitrogen and oxygen atoms in total. The van der Waals surface area contributed by atoms with Crippen LogP contribution in [0, 0.1) is 11.8 Å². The van der Waals surface area contributed by atoms with E-state index in [1.165, 1.54) is 0 Å². The van der Waals surface area contributed by atoms with Crippen molar-refractivity contribution in [1.29, 1.82) is 0 Å². The first-order chi connectivity index (χ1) is 22.1. The van der Waals surface area contributed by atoms with Gasteiger partial charge in [-0.25, -0.2) is 0 Å². The fourth-order valence-corrected chi connectivity index (χ4v) is 7.80. The maximum atomic E-state index is 10.5. The lowest BCUT2D eigenvalue weighted by atomic mass is 9.74. The molecule has 8 fully saturated rings. The van der Waals surface area contributed by atoms with E-state index in [1.54, 1.807) is 14.2 Å². The second-order valence-electron chi connectivity index (χ2n) is 12.7. The largest absolute Gasteiger partial charge is 0.388 e. The van der Waals surface area contributed by atoms with Crippen molar-refractivity contribution in [3.63, 3.8) is 0 Å². The van der Waals surface area contributed by atoms with Gasteiger partial charge in [0, 0.05) is 26.1 Å². The van der Waals surface area contributed by atoms with Crippen LogP contribution in [0.3, 0.4) is 0 Å². The molecular weight excluding hydrogens is 596 g/mol. The fraction of sp³-hybridized carbons (Fsp3) is 1.00. The van der Waals surface area contributed by atoms with Crippen molar-refractivity contribution >= 4 is 0 Å². The molecule has 8 rings (SSSR count). The molecule has 2 saturated carbocycles. The van der Waals surface area contributed by atoms with E-state index in [1.807, 2.05) is 0 Å². The van der Waals surface area contributed by atoms with Crippen molar-refractivity contribution in [2.24, 2.45) is 11.8 Å². The number of rotatable bonds is 22. The average Bonchev–Trinajstić information content (AvgIpc) is 3.04. The fourth-order valence-electron chi connectivity index (χ4n) is 7.80. The van der Waals surface area contributed by atoms with Gasteiger partial charge in [-0.15, -0.1) is 0 Å². The highest BCUT2D eigenvalue weighted by Crippen LogP contribution is 2.47. The van der Waals surface area contributed by atoms with Crippen molar-refractivity contribution in [1.82, 2.24) is 0 Å². The molecule has 260 valence electrons. The SMILES string of the molecule is COCCOCCOC1C2OC3OC1C(OCCOCCOC)[C@@H](O3)C2CCCCCCCC1C2OC3OC(C2O)C(O)[C@H]1O3. The van der Waals surface area contributed by atoms with Gasteiger partial charge in [0.05, 0.1) is 77.3 Å². The molecule has 0 aromatic carbocycles. The summed E-state index contributed by atoms with van der Waals surface area (Å²) < 4.78 is 69.4. The molecule has 45 heavy (non-hydrogen) atoms. The number of hydrogen-bond donors (Lipinski definition) is 2. The van der Waals surface area contributed by atoms with E-state index in [4.69, 9.17) is 56.8 Å². The maximum Gasteiger partial charge on any atom is 0.272 e. The second-order valence-corrected chi connectivity index (χ2v) is 12.7. The molecule has 12 unspecified atom stereocenters. The van der Waals surface area contributed by atoms with Gasteiger partial charge in [0.1, 0.15) is 36.6 Å². The van der Waals surface area contributed by atoms with E-state index in [0.717, 1.165) is 44.9 Å². The molecule has 14 atom stereocenters. The molecule has 0 spiro atoms. The first kappa shape index (κ1) is 34.3. The van der Waals surface area contributed by atoms with Gasteiger partial charge in [-0.1, -0.05) is 32.1 Å². The van der Waals surface area contributed by atoms with E-state index in [-0.39, 0.29) is 54.6 Å². The molecule has 0 amide bonds. The summed E-state index contributed by atoms with van der Waals surface area (Å²) in [6.07, 6.45) is 2.94. The third-order valence-corrected chi connectivity index (χ3v) is 9.95. The Bertz CT molecular complexity index is 829. The molecule has 2 N–H and O–H groups in total. The van der Waals surface area contributed by atoms with Crippen LogP contribution in [0.4, 0.5) is 0 Å². The molecule has 6 heterocycles. The van der Waals surface area contributed by atoms with E-state index in [2.05, 4.69) is 0 Å². The van der Waals surface area contributed by atoms with Crippen molar-refractivity contribution in [3.8, 4) is 0 Å². The van der Waals surface area contributed by atoms with Gasteiger partial charge in [-0.2, -0.15) is 0 Å². The predicted molar refractivity (Wildman–Crippen MR) is 153 cm³/mol. The topological polar surface area (TPSA) is 151 Å². The van der Waals surface area contributed by atoms with Gasteiger partial charge in [0.25, 0.3) is 13.0 Å². The molecule has 8 aliphatic rings. The molecular formula is C31H52O14. The molecule has 6 aliphatic heterocycles. The number of aliphatic hydroxyl groups is 2. The normalized spacial score (nSPS) is 42.7. The molecule has 0 aromatic heterocycles. The Hall–Kier alpha value is -0.560. The monoisotopic (exact) mass is 648 g/mol. The van der Waals surface area contributed by atoms with Crippen LogP contribution in [0.15, 0.2) is 0 Å². The lowest BCUT2D eigenvalue weighted by Crippen LogP contribution is -2.74. The van der Waals surface area contributed by atoms with E-state index < -0.39 is 31.3 Å². The maximum absolute atomic E-state index is 10.5. The van der Waals surface area contributed by atoms with Crippen LogP contribution in [-0.2, 0) is 56.8 Å². The number of unbranched alkanes of at least 4 members (excludes halogenated alkanes) is 4. The summed E-state index contributed by atoms with van der Waals surface area (Å²) in [7, 11) is 3.30. The third kappa shape index (κ3) is 7.86. The third-order valence-electron chi connectivity index (χ3n) is 9.95. The van der Waals surface area contributed by atoms with Gasteiger partial charge >= 0.3 is 0 Å². The minimum absolute atomic E-state index is 0.0272. The van der Waals surface area contributed by atoms with Crippen LogP contribution in [0.2, 0.25) is 0 Å².